The maximum atomic E-state index is 11.7. The van der Waals surface area contributed by atoms with Crippen molar-refractivity contribution < 1.29 is 9.53 Å². The normalized spacial score (nSPS) is 10.3. The number of carbonyl (C=O) groups is 1. The third kappa shape index (κ3) is 4.56. The number of rotatable bonds is 7. The summed E-state index contributed by atoms with van der Waals surface area (Å²) in [6, 6.07) is 1.71. The molecule has 1 aromatic rings. The van der Waals surface area contributed by atoms with Crippen molar-refractivity contribution in [3.63, 3.8) is 0 Å². The molecule has 0 aromatic carbocycles. The summed E-state index contributed by atoms with van der Waals surface area (Å²) in [4.78, 5) is 15.9. The Kier molecular flexibility index (Phi) is 6.57. The van der Waals surface area contributed by atoms with Crippen molar-refractivity contribution in [3.05, 3.63) is 17.8 Å². The standard InChI is InChI=1S/C13H20N2O2S/c1-3-5-6-7-18-12-8-10(11(14)9-15-12)13(16)17-4-2/h8-9H,3-7,14H2,1-2H3. The van der Waals surface area contributed by atoms with Crippen LogP contribution in [0.3, 0.4) is 0 Å². The number of anilines is 1. The van der Waals surface area contributed by atoms with Crippen molar-refractivity contribution >= 4 is 23.4 Å². The molecule has 1 aromatic heterocycles. The Labute approximate surface area is 112 Å². The molecule has 100 valence electrons. The van der Waals surface area contributed by atoms with Crippen molar-refractivity contribution in [1.82, 2.24) is 4.98 Å². The number of esters is 1. The first-order valence-electron chi connectivity index (χ1n) is 6.24. The highest BCUT2D eigenvalue weighted by Gasteiger charge is 2.12. The van der Waals surface area contributed by atoms with Crippen LogP contribution < -0.4 is 5.73 Å². The maximum absolute atomic E-state index is 11.7. The average molecular weight is 268 g/mol. The van der Waals surface area contributed by atoms with E-state index in [-0.39, 0.29) is 5.97 Å². The third-order valence-electron chi connectivity index (χ3n) is 2.40. The van der Waals surface area contributed by atoms with Crippen LogP contribution in [0.4, 0.5) is 5.69 Å². The molecule has 1 heterocycles. The molecule has 0 aliphatic heterocycles. The van der Waals surface area contributed by atoms with Gasteiger partial charge in [-0.05, 0) is 25.2 Å². The Morgan fingerprint density at radius 1 is 1.44 bits per heavy atom. The molecule has 4 nitrogen and oxygen atoms in total. The molecule has 0 unspecified atom stereocenters. The largest absolute Gasteiger partial charge is 0.462 e. The van der Waals surface area contributed by atoms with Gasteiger partial charge in [-0.3, -0.25) is 0 Å². The van der Waals surface area contributed by atoms with E-state index in [0.29, 0.717) is 17.9 Å². The molecular weight excluding hydrogens is 248 g/mol. The second-order valence-electron chi connectivity index (χ2n) is 3.89. The number of ether oxygens (including phenoxy) is 1. The lowest BCUT2D eigenvalue weighted by Gasteiger charge is -2.07. The second kappa shape index (κ2) is 7.97. The Bertz CT molecular complexity index is 397. The van der Waals surface area contributed by atoms with Gasteiger partial charge in [0, 0.05) is 0 Å². The molecule has 0 saturated carbocycles. The highest BCUT2D eigenvalue weighted by molar-refractivity contribution is 7.99. The van der Waals surface area contributed by atoms with Gasteiger partial charge in [0.05, 0.1) is 29.1 Å². The third-order valence-corrected chi connectivity index (χ3v) is 3.41. The van der Waals surface area contributed by atoms with E-state index in [1.807, 2.05) is 0 Å². The first-order chi connectivity index (χ1) is 8.69. The van der Waals surface area contributed by atoms with Gasteiger partial charge in [-0.2, -0.15) is 0 Å². The zero-order valence-corrected chi connectivity index (χ0v) is 11.8. The summed E-state index contributed by atoms with van der Waals surface area (Å²) in [5.74, 6) is 0.625. The Morgan fingerprint density at radius 3 is 2.89 bits per heavy atom. The van der Waals surface area contributed by atoms with Gasteiger partial charge < -0.3 is 10.5 Å². The van der Waals surface area contributed by atoms with E-state index >= 15 is 0 Å². The highest BCUT2D eigenvalue weighted by atomic mass is 32.2. The van der Waals surface area contributed by atoms with Crippen LogP contribution in [0, 0.1) is 0 Å². The number of aromatic nitrogens is 1. The van der Waals surface area contributed by atoms with Gasteiger partial charge in [-0.25, -0.2) is 9.78 Å². The first-order valence-corrected chi connectivity index (χ1v) is 7.23. The number of nitrogens with zero attached hydrogens (tertiary/aromatic N) is 1. The summed E-state index contributed by atoms with van der Waals surface area (Å²) in [6.07, 6.45) is 5.09. The summed E-state index contributed by atoms with van der Waals surface area (Å²) in [7, 11) is 0. The maximum Gasteiger partial charge on any atom is 0.340 e. The van der Waals surface area contributed by atoms with Crippen LogP contribution in [0.25, 0.3) is 0 Å². The minimum Gasteiger partial charge on any atom is -0.462 e. The van der Waals surface area contributed by atoms with Crippen LogP contribution in [0.5, 0.6) is 0 Å². The van der Waals surface area contributed by atoms with Crippen molar-refractivity contribution in [2.45, 2.75) is 38.1 Å². The predicted molar refractivity (Wildman–Crippen MR) is 74.9 cm³/mol. The van der Waals surface area contributed by atoms with E-state index in [4.69, 9.17) is 10.5 Å². The number of unbranched alkanes of at least 4 members (excludes halogenated alkanes) is 2. The monoisotopic (exact) mass is 268 g/mol. The van der Waals surface area contributed by atoms with Gasteiger partial charge in [-0.1, -0.05) is 19.8 Å². The lowest BCUT2D eigenvalue weighted by atomic mass is 10.2. The summed E-state index contributed by atoms with van der Waals surface area (Å²) < 4.78 is 4.95. The lowest BCUT2D eigenvalue weighted by molar-refractivity contribution is 0.0527. The number of nitrogen functional groups attached to an aromatic ring is 1. The van der Waals surface area contributed by atoms with E-state index in [1.165, 1.54) is 19.0 Å². The van der Waals surface area contributed by atoms with Crippen molar-refractivity contribution in [1.29, 1.82) is 0 Å². The van der Waals surface area contributed by atoms with Crippen LogP contribution >= 0.6 is 11.8 Å². The van der Waals surface area contributed by atoms with E-state index < -0.39 is 0 Å². The van der Waals surface area contributed by atoms with Gasteiger partial charge in [0.1, 0.15) is 0 Å². The average Bonchev–Trinajstić information content (AvgIpc) is 2.36. The summed E-state index contributed by atoms with van der Waals surface area (Å²) in [5.41, 5.74) is 6.50. The minimum atomic E-state index is -0.382. The van der Waals surface area contributed by atoms with E-state index in [1.54, 1.807) is 24.8 Å². The van der Waals surface area contributed by atoms with Gasteiger partial charge in [0.15, 0.2) is 0 Å². The quantitative estimate of drug-likeness (QED) is 0.467. The number of nitrogens with two attached hydrogens (primary N) is 1. The molecule has 0 atom stereocenters. The number of hydrogen-bond acceptors (Lipinski definition) is 5. The molecule has 0 aliphatic rings. The van der Waals surface area contributed by atoms with Crippen molar-refractivity contribution in [3.8, 4) is 0 Å². The number of carbonyl (C=O) groups excluding carboxylic acids is 1. The second-order valence-corrected chi connectivity index (χ2v) is 5.00. The van der Waals surface area contributed by atoms with Crippen LogP contribution in [0.2, 0.25) is 0 Å². The van der Waals surface area contributed by atoms with Crippen molar-refractivity contribution in [2.75, 3.05) is 18.1 Å². The Balaban J connectivity index is 2.65. The molecule has 0 radical (unpaired) electrons. The fourth-order valence-corrected chi connectivity index (χ4v) is 2.33. The number of thioether (sulfide) groups is 1. The minimum absolute atomic E-state index is 0.347. The molecule has 0 spiro atoms. The first kappa shape index (κ1) is 14.8. The van der Waals surface area contributed by atoms with Gasteiger partial charge in [0.25, 0.3) is 0 Å². The van der Waals surface area contributed by atoms with Crippen LogP contribution in [-0.4, -0.2) is 23.3 Å². The molecule has 18 heavy (non-hydrogen) atoms. The lowest BCUT2D eigenvalue weighted by Crippen LogP contribution is -2.08. The van der Waals surface area contributed by atoms with E-state index in [9.17, 15) is 4.79 Å². The molecule has 5 heteroatoms. The van der Waals surface area contributed by atoms with Gasteiger partial charge >= 0.3 is 5.97 Å². The fourth-order valence-electron chi connectivity index (χ4n) is 1.44. The summed E-state index contributed by atoms with van der Waals surface area (Å²) >= 11 is 1.64. The summed E-state index contributed by atoms with van der Waals surface area (Å²) in [6.45, 7) is 4.29. The van der Waals surface area contributed by atoms with Crippen molar-refractivity contribution in [2.24, 2.45) is 0 Å². The van der Waals surface area contributed by atoms with Crippen LogP contribution in [0.1, 0.15) is 43.5 Å². The SMILES string of the molecule is CCCCCSc1cc(C(=O)OCC)c(N)cn1. The molecule has 0 saturated heterocycles. The summed E-state index contributed by atoms with van der Waals surface area (Å²) in [5, 5.41) is 0.823. The van der Waals surface area contributed by atoms with E-state index in [0.717, 1.165) is 17.2 Å². The smallest absolute Gasteiger partial charge is 0.340 e. The predicted octanol–water partition coefficient (Wildman–Crippen LogP) is 3.12. The van der Waals surface area contributed by atoms with Crippen LogP contribution in [0.15, 0.2) is 17.3 Å². The van der Waals surface area contributed by atoms with Crippen LogP contribution in [-0.2, 0) is 4.74 Å². The van der Waals surface area contributed by atoms with Gasteiger partial charge in [-0.15, -0.1) is 11.8 Å². The van der Waals surface area contributed by atoms with Gasteiger partial charge in [0.2, 0.25) is 0 Å². The molecule has 1 rings (SSSR count). The zero-order chi connectivity index (χ0) is 13.4. The highest BCUT2D eigenvalue weighted by Crippen LogP contribution is 2.22. The molecule has 0 amide bonds. The topological polar surface area (TPSA) is 65.2 Å². The molecule has 2 N–H and O–H groups in total. The molecule has 0 aliphatic carbocycles. The Morgan fingerprint density at radius 2 is 2.22 bits per heavy atom. The fraction of sp³-hybridized carbons (Fsp3) is 0.538. The molecule has 0 fully saturated rings. The van der Waals surface area contributed by atoms with E-state index in [2.05, 4.69) is 11.9 Å². The zero-order valence-electron chi connectivity index (χ0n) is 10.9. The number of pyridine rings is 1. The molecule has 0 bridgehead atoms. The Hall–Kier alpha value is -1.23. The molecular formula is C13H20N2O2S. The number of hydrogen-bond donors (Lipinski definition) is 1.